The Labute approximate surface area is 107 Å². The van der Waals surface area contributed by atoms with Crippen molar-refractivity contribution in [1.29, 1.82) is 0 Å². The fraction of sp³-hybridized carbons (Fsp3) is 0.455. The highest BCUT2D eigenvalue weighted by atomic mass is 16.3. The van der Waals surface area contributed by atoms with Gasteiger partial charge in [-0.15, -0.1) is 5.10 Å². The fourth-order valence-electron chi connectivity index (χ4n) is 2.29. The molecule has 0 aromatic carbocycles. The minimum atomic E-state index is -0.474. The number of nitrogens with one attached hydrogen (secondary N) is 2. The maximum absolute atomic E-state index is 12.0. The third kappa shape index (κ3) is 2.28. The van der Waals surface area contributed by atoms with Gasteiger partial charge in [0.2, 0.25) is 5.82 Å². The van der Waals surface area contributed by atoms with Gasteiger partial charge in [0.15, 0.2) is 5.89 Å². The van der Waals surface area contributed by atoms with Crippen LogP contribution in [0.25, 0.3) is 0 Å². The first kappa shape index (κ1) is 11.7. The molecular weight excluding hydrogens is 250 g/mol. The molecule has 0 spiro atoms. The Balaban J connectivity index is 1.64. The van der Waals surface area contributed by atoms with E-state index in [-0.39, 0.29) is 17.6 Å². The molecule has 0 saturated carbocycles. The van der Waals surface area contributed by atoms with E-state index >= 15 is 0 Å². The molecule has 1 aliphatic rings. The van der Waals surface area contributed by atoms with Crippen molar-refractivity contribution in [2.45, 2.75) is 18.8 Å². The van der Waals surface area contributed by atoms with Gasteiger partial charge in [-0.05, 0) is 12.8 Å². The largest absolute Gasteiger partial charge is 0.449 e. The molecule has 8 heteroatoms. The predicted octanol–water partition coefficient (Wildman–Crippen LogP) is 0.106. The summed E-state index contributed by atoms with van der Waals surface area (Å²) in [5, 5.41) is 5.83. The zero-order chi connectivity index (χ0) is 13.2. The molecule has 1 fully saturated rings. The Bertz CT molecular complexity index is 606. The molecule has 100 valence electrons. The number of nitrogens with zero attached hydrogens (tertiary/aromatic N) is 3. The quantitative estimate of drug-likeness (QED) is 0.799. The van der Waals surface area contributed by atoms with Crippen molar-refractivity contribution in [2.75, 3.05) is 13.1 Å². The van der Waals surface area contributed by atoms with Crippen molar-refractivity contribution in [2.24, 2.45) is 0 Å². The van der Waals surface area contributed by atoms with E-state index in [4.69, 9.17) is 4.42 Å². The van der Waals surface area contributed by atoms with Crippen LogP contribution in [0, 0.1) is 0 Å². The molecule has 0 atom stereocenters. The maximum Gasteiger partial charge on any atom is 0.341 e. The molecule has 1 saturated heterocycles. The molecule has 1 amide bonds. The molecule has 0 radical (unpaired) electrons. The van der Waals surface area contributed by atoms with Gasteiger partial charge in [-0.25, -0.2) is 14.9 Å². The number of hydrogen-bond donors (Lipinski definition) is 2. The summed E-state index contributed by atoms with van der Waals surface area (Å²) in [5.74, 6) is 0.765. The molecule has 0 bridgehead atoms. The van der Waals surface area contributed by atoms with Gasteiger partial charge in [0.25, 0.3) is 5.91 Å². The summed E-state index contributed by atoms with van der Waals surface area (Å²) in [6.07, 6.45) is 4.77. The number of piperidine rings is 1. The molecule has 19 heavy (non-hydrogen) atoms. The SMILES string of the molecule is O=C(c1n[nH]c(=O)[nH]1)N1CCC(c2ncco2)CC1. The van der Waals surface area contributed by atoms with Gasteiger partial charge in [0.1, 0.15) is 6.26 Å². The lowest BCUT2D eigenvalue weighted by Crippen LogP contribution is -2.38. The van der Waals surface area contributed by atoms with E-state index in [1.807, 2.05) is 0 Å². The van der Waals surface area contributed by atoms with Crippen LogP contribution in [0.5, 0.6) is 0 Å². The van der Waals surface area contributed by atoms with Crippen molar-refractivity contribution in [3.8, 4) is 0 Å². The van der Waals surface area contributed by atoms with E-state index < -0.39 is 5.69 Å². The average molecular weight is 263 g/mol. The second-order valence-corrected chi connectivity index (χ2v) is 4.46. The average Bonchev–Trinajstić information content (AvgIpc) is 3.09. The van der Waals surface area contributed by atoms with E-state index in [0.717, 1.165) is 18.7 Å². The van der Waals surface area contributed by atoms with Crippen LogP contribution in [0.1, 0.15) is 35.3 Å². The summed E-state index contributed by atoms with van der Waals surface area (Å²) >= 11 is 0. The molecular formula is C11H13N5O3. The Hall–Kier alpha value is -2.38. The van der Waals surface area contributed by atoms with Crippen LogP contribution in [0.15, 0.2) is 21.7 Å². The second-order valence-electron chi connectivity index (χ2n) is 4.46. The molecule has 8 nitrogen and oxygen atoms in total. The third-order valence-corrected chi connectivity index (χ3v) is 3.29. The van der Waals surface area contributed by atoms with Gasteiger partial charge in [-0.2, -0.15) is 0 Å². The summed E-state index contributed by atoms with van der Waals surface area (Å²) < 4.78 is 5.28. The summed E-state index contributed by atoms with van der Waals surface area (Å²) in [7, 11) is 0. The zero-order valence-corrected chi connectivity index (χ0v) is 10.1. The van der Waals surface area contributed by atoms with Crippen LogP contribution in [-0.2, 0) is 0 Å². The van der Waals surface area contributed by atoms with E-state index in [9.17, 15) is 9.59 Å². The van der Waals surface area contributed by atoms with Gasteiger partial charge < -0.3 is 9.32 Å². The smallest absolute Gasteiger partial charge is 0.341 e. The molecule has 1 aliphatic heterocycles. The van der Waals surface area contributed by atoms with Crippen molar-refractivity contribution in [3.05, 3.63) is 34.7 Å². The molecule has 0 aliphatic carbocycles. The van der Waals surface area contributed by atoms with Crippen molar-refractivity contribution in [3.63, 3.8) is 0 Å². The zero-order valence-electron chi connectivity index (χ0n) is 10.1. The van der Waals surface area contributed by atoms with E-state index in [1.165, 1.54) is 0 Å². The molecule has 2 aromatic rings. The lowest BCUT2D eigenvalue weighted by Gasteiger charge is -2.29. The molecule has 3 rings (SSSR count). The van der Waals surface area contributed by atoms with Crippen molar-refractivity contribution >= 4 is 5.91 Å². The summed E-state index contributed by atoms with van der Waals surface area (Å²) in [6, 6.07) is 0. The van der Waals surface area contributed by atoms with Gasteiger partial charge in [-0.3, -0.25) is 9.78 Å². The van der Waals surface area contributed by atoms with E-state index in [1.54, 1.807) is 17.4 Å². The highest BCUT2D eigenvalue weighted by Gasteiger charge is 2.27. The number of carbonyl (C=O) groups excluding carboxylic acids is 1. The Morgan fingerprint density at radius 1 is 1.42 bits per heavy atom. The lowest BCUT2D eigenvalue weighted by molar-refractivity contribution is 0.0694. The topological polar surface area (TPSA) is 108 Å². The monoisotopic (exact) mass is 263 g/mol. The Morgan fingerprint density at radius 2 is 2.21 bits per heavy atom. The van der Waals surface area contributed by atoms with Gasteiger partial charge in [0, 0.05) is 19.0 Å². The second kappa shape index (κ2) is 4.71. The fourth-order valence-corrected chi connectivity index (χ4v) is 2.29. The Kier molecular flexibility index (Phi) is 2.90. The minimum absolute atomic E-state index is 0.0552. The number of amides is 1. The standard InChI is InChI=1S/C11H13N5O3/c17-10(8-13-11(18)15-14-8)16-4-1-7(2-5-16)9-12-3-6-19-9/h3,6-7H,1-2,4-5H2,(H2,13,14,15,18). The number of hydrogen-bond acceptors (Lipinski definition) is 5. The molecule has 2 N–H and O–H groups in total. The van der Waals surface area contributed by atoms with Gasteiger partial charge in [0.05, 0.1) is 6.20 Å². The number of aromatic amines is 2. The summed E-state index contributed by atoms with van der Waals surface area (Å²) in [4.78, 5) is 31.1. The van der Waals surface area contributed by atoms with E-state index in [2.05, 4.69) is 20.2 Å². The highest BCUT2D eigenvalue weighted by Crippen LogP contribution is 2.26. The van der Waals surface area contributed by atoms with Crippen LogP contribution in [0.2, 0.25) is 0 Å². The minimum Gasteiger partial charge on any atom is -0.449 e. The van der Waals surface area contributed by atoms with Crippen LogP contribution >= 0.6 is 0 Å². The van der Waals surface area contributed by atoms with Crippen LogP contribution in [0.3, 0.4) is 0 Å². The highest BCUT2D eigenvalue weighted by molar-refractivity contribution is 5.90. The van der Waals surface area contributed by atoms with Crippen LogP contribution in [-0.4, -0.2) is 44.1 Å². The number of aromatic nitrogens is 4. The summed E-state index contributed by atoms with van der Waals surface area (Å²) in [6.45, 7) is 1.20. The first-order valence-electron chi connectivity index (χ1n) is 6.07. The predicted molar refractivity (Wildman–Crippen MR) is 63.6 cm³/mol. The van der Waals surface area contributed by atoms with Crippen molar-refractivity contribution in [1.82, 2.24) is 25.1 Å². The number of carbonyl (C=O) groups is 1. The number of H-pyrrole nitrogens is 2. The third-order valence-electron chi connectivity index (χ3n) is 3.29. The van der Waals surface area contributed by atoms with E-state index in [0.29, 0.717) is 13.1 Å². The number of likely N-dealkylation sites (tertiary alicyclic amines) is 1. The lowest BCUT2D eigenvalue weighted by atomic mass is 9.97. The summed E-state index contributed by atoms with van der Waals surface area (Å²) in [5.41, 5.74) is -0.474. The van der Waals surface area contributed by atoms with Gasteiger partial charge >= 0.3 is 5.69 Å². The first-order valence-corrected chi connectivity index (χ1v) is 6.07. The molecule has 0 unspecified atom stereocenters. The van der Waals surface area contributed by atoms with Crippen LogP contribution < -0.4 is 5.69 Å². The number of rotatable bonds is 2. The van der Waals surface area contributed by atoms with Gasteiger partial charge in [-0.1, -0.05) is 0 Å². The molecule has 2 aromatic heterocycles. The first-order chi connectivity index (χ1) is 9.24. The normalized spacial score (nSPS) is 16.7. The van der Waals surface area contributed by atoms with Crippen LogP contribution in [0.4, 0.5) is 0 Å². The maximum atomic E-state index is 12.0. The Morgan fingerprint density at radius 3 is 2.79 bits per heavy atom. The molecule has 3 heterocycles. The van der Waals surface area contributed by atoms with Crippen molar-refractivity contribution < 1.29 is 9.21 Å². The number of oxazole rings is 1.